The first-order chi connectivity index (χ1) is 11.2. The van der Waals surface area contributed by atoms with E-state index in [0.29, 0.717) is 5.92 Å². The zero-order valence-corrected chi connectivity index (χ0v) is 14.1. The number of thioether (sulfide) groups is 1. The van der Waals surface area contributed by atoms with Gasteiger partial charge in [0.2, 0.25) is 0 Å². The van der Waals surface area contributed by atoms with Gasteiger partial charge in [0, 0.05) is 18.6 Å². The van der Waals surface area contributed by atoms with Crippen LogP contribution >= 0.6 is 11.8 Å². The fourth-order valence-corrected chi connectivity index (χ4v) is 3.60. The van der Waals surface area contributed by atoms with Crippen LogP contribution in [0.1, 0.15) is 35.1 Å². The highest BCUT2D eigenvalue weighted by molar-refractivity contribution is 7.98. The largest absolute Gasteiger partial charge is 0.480 e. The summed E-state index contributed by atoms with van der Waals surface area (Å²) in [5.41, 5.74) is 2.78. The third-order valence-electron chi connectivity index (χ3n) is 4.29. The summed E-state index contributed by atoms with van der Waals surface area (Å²) in [5.74, 6) is 2.03. The van der Waals surface area contributed by atoms with Gasteiger partial charge >= 0.3 is 5.97 Å². The maximum atomic E-state index is 11.1. The lowest BCUT2D eigenvalue weighted by Gasteiger charge is -2.11. The monoisotopic (exact) mass is 331 g/mol. The lowest BCUT2D eigenvalue weighted by molar-refractivity contribution is -0.137. The van der Waals surface area contributed by atoms with Crippen LogP contribution < -0.4 is 0 Å². The van der Waals surface area contributed by atoms with Gasteiger partial charge < -0.3 is 5.11 Å². The Balaban J connectivity index is 1.81. The van der Waals surface area contributed by atoms with Crippen LogP contribution in [-0.2, 0) is 30.6 Å². The van der Waals surface area contributed by atoms with Crippen molar-refractivity contribution >= 4 is 17.7 Å². The average Bonchev–Trinajstić information content (AvgIpc) is 3.10. The average molecular weight is 331 g/mol. The highest BCUT2D eigenvalue weighted by Crippen LogP contribution is 2.35. The summed E-state index contributed by atoms with van der Waals surface area (Å²) in [7, 11) is 0. The number of aromatic nitrogens is 3. The second kappa shape index (κ2) is 7.17. The molecule has 0 radical (unpaired) electrons. The molecule has 23 heavy (non-hydrogen) atoms. The van der Waals surface area contributed by atoms with E-state index in [1.54, 1.807) is 16.4 Å². The van der Waals surface area contributed by atoms with Gasteiger partial charge in [-0.15, -0.1) is 0 Å². The van der Waals surface area contributed by atoms with Crippen molar-refractivity contribution < 1.29 is 9.90 Å². The van der Waals surface area contributed by atoms with Crippen molar-refractivity contribution in [3.05, 3.63) is 47.0 Å². The quantitative estimate of drug-likeness (QED) is 0.844. The van der Waals surface area contributed by atoms with Crippen molar-refractivity contribution in [2.75, 3.05) is 12.0 Å². The number of fused-ring (bicyclic) bond motifs is 1. The predicted octanol–water partition coefficient (Wildman–Crippen LogP) is 2.54. The summed E-state index contributed by atoms with van der Waals surface area (Å²) in [5, 5.41) is 13.5. The molecular weight excluding hydrogens is 310 g/mol. The standard InChI is InChI=1S/C17H21N3O2S/c1-23-9-8-15-18-16(20(19-15)11-17(21)22)10-13-7-6-12-4-2-3-5-14(12)13/h2-5,13H,6-11H2,1H3,(H,21,22)/t13-/m0/s1. The molecule has 1 aromatic heterocycles. The Hall–Kier alpha value is -1.82. The minimum atomic E-state index is -0.876. The van der Waals surface area contributed by atoms with E-state index in [2.05, 4.69) is 34.3 Å². The summed E-state index contributed by atoms with van der Waals surface area (Å²) >= 11 is 1.74. The van der Waals surface area contributed by atoms with Crippen LogP contribution in [0.5, 0.6) is 0 Å². The topological polar surface area (TPSA) is 68.0 Å². The van der Waals surface area contributed by atoms with Gasteiger partial charge in [-0.3, -0.25) is 4.79 Å². The Bertz CT molecular complexity index is 699. The lowest BCUT2D eigenvalue weighted by atomic mass is 9.97. The third-order valence-corrected chi connectivity index (χ3v) is 4.91. The molecule has 1 heterocycles. The molecule has 1 N–H and O–H groups in total. The molecule has 0 spiro atoms. The molecule has 5 nitrogen and oxygen atoms in total. The van der Waals surface area contributed by atoms with Gasteiger partial charge in [0.1, 0.15) is 12.4 Å². The Morgan fingerprint density at radius 1 is 1.43 bits per heavy atom. The zero-order chi connectivity index (χ0) is 16.2. The van der Waals surface area contributed by atoms with Crippen LogP contribution in [0.15, 0.2) is 24.3 Å². The van der Waals surface area contributed by atoms with Gasteiger partial charge in [-0.25, -0.2) is 9.67 Å². The first-order valence-electron chi connectivity index (χ1n) is 7.88. The number of aliphatic carboxylic acids is 1. The molecule has 1 aliphatic rings. The maximum absolute atomic E-state index is 11.1. The number of nitrogens with zero attached hydrogens (tertiary/aromatic N) is 3. The molecule has 2 aromatic rings. The first kappa shape index (κ1) is 16.1. The summed E-state index contributed by atoms with van der Waals surface area (Å²) in [6.07, 6.45) is 5.77. The van der Waals surface area contributed by atoms with E-state index in [1.807, 2.05) is 6.26 Å². The number of carboxylic acid groups (broad SMARTS) is 1. The number of hydrogen-bond donors (Lipinski definition) is 1. The highest BCUT2D eigenvalue weighted by Gasteiger charge is 2.25. The van der Waals surface area contributed by atoms with Crippen LogP contribution in [0.3, 0.4) is 0 Å². The molecule has 0 bridgehead atoms. The smallest absolute Gasteiger partial charge is 0.325 e. The van der Waals surface area contributed by atoms with Crippen LogP contribution in [0.2, 0.25) is 0 Å². The molecule has 6 heteroatoms. The van der Waals surface area contributed by atoms with Gasteiger partial charge in [0.15, 0.2) is 5.82 Å². The maximum Gasteiger partial charge on any atom is 0.325 e. The number of benzene rings is 1. The van der Waals surface area contributed by atoms with Gasteiger partial charge in [-0.05, 0) is 36.1 Å². The SMILES string of the molecule is CSCCc1nc(C[C@@H]2CCc3ccccc32)n(CC(=O)O)n1. The Labute approximate surface area is 140 Å². The van der Waals surface area contributed by atoms with E-state index in [4.69, 9.17) is 5.11 Å². The van der Waals surface area contributed by atoms with Crippen LogP contribution in [0.4, 0.5) is 0 Å². The third kappa shape index (κ3) is 3.75. The van der Waals surface area contributed by atoms with E-state index in [0.717, 1.165) is 43.1 Å². The van der Waals surface area contributed by atoms with Crippen molar-refractivity contribution in [1.29, 1.82) is 0 Å². The van der Waals surface area contributed by atoms with Crippen LogP contribution in [0.25, 0.3) is 0 Å². The van der Waals surface area contributed by atoms with Crippen molar-refractivity contribution in [3.8, 4) is 0 Å². The summed E-state index contributed by atoms with van der Waals surface area (Å²) < 4.78 is 1.57. The molecule has 0 fully saturated rings. The normalized spacial score (nSPS) is 16.5. The molecule has 1 aliphatic carbocycles. The van der Waals surface area contributed by atoms with Gasteiger partial charge in [0.05, 0.1) is 0 Å². The Morgan fingerprint density at radius 3 is 3.04 bits per heavy atom. The number of carboxylic acids is 1. The van der Waals surface area contributed by atoms with Crippen LogP contribution in [-0.4, -0.2) is 37.8 Å². The number of hydrogen-bond acceptors (Lipinski definition) is 4. The zero-order valence-electron chi connectivity index (χ0n) is 13.2. The molecular formula is C17H21N3O2S. The van der Waals surface area contributed by atoms with Gasteiger partial charge in [-0.2, -0.15) is 16.9 Å². The van der Waals surface area contributed by atoms with E-state index in [-0.39, 0.29) is 6.54 Å². The van der Waals surface area contributed by atoms with Crippen molar-refractivity contribution in [2.24, 2.45) is 0 Å². The predicted molar refractivity (Wildman–Crippen MR) is 91.0 cm³/mol. The van der Waals surface area contributed by atoms with Crippen molar-refractivity contribution in [2.45, 2.75) is 38.1 Å². The Morgan fingerprint density at radius 2 is 2.26 bits per heavy atom. The molecule has 1 atom stereocenters. The summed E-state index contributed by atoms with van der Waals surface area (Å²) in [4.78, 5) is 15.7. The van der Waals surface area contributed by atoms with Crippen molar-refractivity contribution in [1.82, 2.24) is 14.8 Å². The number of aryl methyl sites for hydroxylation is 2. The highest BCUT2D eigenvalue weighted by atomic mass is 32.2. The fourth-order valence-electron chi connectivity index (χ4n) is 3.21. The first-order valence-corrected chi connectivity index (χ1v) is 9.28. The molecule has 0 unspecified atom stereocenters. The number of carbonyl (C=O) groups is 1. The lowest BCUT2D eigenvalue weighted by Crippen LogP contribution is -2.15. The number of rotatable bonds is 7. The minimum absolute atomic E-state index is 0.115. The molecule has 0 aliphatic heterocycles. The second-order valence-electron chi connectivity index (χ2n) is 5.88. The molecule has 1 aromatic carbocycles. The summed E-state index contributed by atoms with van der Waals surface area (Å²) in [6.45, 7) is -0.115. The van der Waals surface area contributed by atoms with Crippen LogP contribution in [0, 0.1) is 0 Å². The van der Waals surface area contributed by atoms with E-state index in [1.165, 1.54) is 11.1 Å². The molecule has 0 saturated heterocycles. The van der Waals surface area contributed by atoms with Gasteiger partial charge in [-0.1, -0.05) is 24.3 Å². The molecule has 0 saturated carbocycles. The fraction of sp³-hybridized carbons (Fsp3) is 0.471. The van der Waals surface area contributed by atoms with Gasteiger partial charge in [0.25, 0.3) is 0 Å². The Kier molecular flexibility index (Phi) is 5.00. The second-order valence-corrected chi connectivity index (χ2v) is 6.86. The van der Waals surface area contributed by atoms with E-state index >= 15 is 0 Å². The molecule has 122 valence electrons. The molecule has 0 amide bonds. The molecule has 3 rings (SSSR count). The van der Waals surface area contributed by atoms with Crippen molar-refractivity contribution in [3.63, 3.8) is 0 Å². The van der Waals surface area contributed by atoms with E-state index < -0.39 is 5.97 Å². The minimum Gasteiger partial charge on any atom is -0.480 e. The summed E-state index contributed by atoms with van der Waals surface area (Å²) in [6, 6.07) is 8.51. The van der Waals surface area contributed by atoms with E-state index in [9.17, 15) is 4.79 Å².